The van der Waals surface area contributed by atoms with Gasteiger partial charge in [-0.25, -0.2) is 14.4 Å². The van der Waals surface area contributed by atoms with Crippen molar-refractivity contribution in [2.24, 2.45) is 11.3 Å². The number of pyridine rings is 1. The number of alkyl halides is 9. The summed E-state index contributed by atoms with van der Waals surface area (Å²) in [5.74, 6) is -7.62. The molecule has 1 atom stereocenters. The summed E-state index contributed by atoms with van der Waals surface area (Å²) < 4.78 is 106. The first kappa shape index (κ1) is 42.8. The Morgan fingerprint density at radius 3 is 1.67 bits per heavy atom. The number of halogens is 9. The van der Waals surface area contributed by atoms with E-state index in [0.717, 1.165) is 51.6 Å². The van der Waals surface area contributed by atoms with Crippen molar-refractivity contribution in [1.29, 1.82) is 0 Å². The van der Waals surface area contributed by atoms with Crippen LogP contribution in [0, 0.1) is 18.3 Å². The molecule has 1 unspecified atom stereocenters. The number of carbonyl (C=O) groups is 3. The normalized spacial score (nSPS) is 18.3. The van der Waals surface area contributed by atoms with Crippen LogP contribution >= 0.6 is 0 Å². The highest BCUT2D eigenvalue weighted by molar-refractivity contribution is 5.73. The standard InChI is InChI=1S/C20H33N3O2.3C2HF3O2/c1-17-5-4-6-19(21-17)14-22-9-7-20(8-10-22)16-23(11-12-24-2)13-18(20)15-25-3;3*3-2(4,5)1(6)7/h4-6,18H,7-16H2,1-3H3;3*(H,6,7). The van der Waals surface area contributed by atoms with Gasteiger partial charge in [0.05, 0.1) is 18.9 Å². The lowest BCUT2D eigenvalue weighted by Gasteiger charge is -2.42. The van der Waals surface area contributed by atoms with E-state index in [0.29, 0.717) is 11.3 Å². The summed E-state index contributed by atoms with van der Waals surface area (Å²) in [4.78, 5) is 36.5. The first-order valence-electron chi connectivity index (χ1n) is 13.2. The lowest BCUT2D eigenvalue weighted by atomic mass is 9.71. The van der Waals surface area contributed by atoms with E-state index in [9.17, 15) is 39.5 Å². The maximum absolute atomic E-state index is 10.6. The quantitative estimate of drug-likeness (QED) is 0.356. The van der Waals surface area contributed by atoms with Crippen LogP contribution in [0.15, 0.2) is 18.2 Å². The van der Waals surface area contributed by atoms with Crippen molar-refractivity contribution in [2.75, 3.05) is 60.2 Å². The van der Waals surface area contributed by atoms with Gasteiger partial charge in [-0.05, 0) is 50.4 Å². The van der Waals surface area contributed by atoms with Crippen LogP contribution in [-0.2, 0) is 30.4 Å². The zero-order valence-electron chi connectivity index (χ0n) is 25.0. The number of nitrogens with zero attached hydrogens (tertiary/aromatic N) is 3. The molecule has 1 aromatic heterocycles. The van der Waals surface area contributed by atoms with Crippen molar-refractivity contribution in [2.45, 2.75) is 44.8 Å². The molecule has 0 aliphatic carbocycles. The Balaban J connectivity index is 0.000000786. The van der Waals surface area contributed by atoms with Crippen molar-refractivity contribution in [3.63, 3.8) is 0 Å². The van der Waals surface area contributed by atoms with Gasteiger partial charge in [0.25, 0.3) is 0 Å². The number of carboxylic acids is 3. The van der Waals surface area contributed by atoms with Crippen molar-refractivity contribution >= 4 is 17.9 Å². The minimum Gasteiger partial charge on any atom is -0.475 e. The Morgan fingerprint density at radius 1 is 0.848 bits per heavy atom. The Morgan fingerprint density at radius 2 is 1.30 bits per heavy atom. The summed E-state index contributed by atoms with van der Waals surface area (Å²) >= 11 is 0. The molecule has 0 aromatic carbocycles. The molecule has 2 fully saturated rings. The van der Waals surface area contributed by atoms with Crippen LogP contribution in [0.2, 0.25) is 0 Å². The fourth-order valence-electron chi connectivity index (χ4n) is 4.61. The number of rotatable bonds is 7. The Labute approximate surface area is 257 Å². The number of carboxylic acid groups (broad SMARTS) is 3. The third-order valence-electron chi connectivity index (χ3n) is 6.77. The van der Waals surface area contributed by atoms with E-state index in [1.165, 1.54) is 25.1 Å². The average Bonchev–Trinajstić information content (AvgIpc) is 3.25. The maximum Gasteiger partial charge on any atom is 0.490 e. The number of hydrogen-bond acceptors (Lipinski definition) is 8. The highest BCUT2D eigenvalue weighted by atomic mass is 19.4. The topological polar surface area (TPSA) is 150 Å². The number of aryl methyl sites for hydroxylation is 1. The number of hydrogen-bond donors (Lipinski definition) is 3. The number of aromatic nitrogens is 1. The average molecular weight is 690 g/mol. The second kappa shape index (κ2) is 18.8. The van der Waals surface area contributed by atoms with E-state index in [4.69, 9.17) is 39.2 Å². The first-order chi connectivity index (χ1) is 21.0. The van der Waals surface area contributed by atoms with Crippen LogP contribution in [-0.4, -0.2) is 127 Å². The summed E-state index contributed by atoms with van der Waals surface area (Å²) in [6, 6.07) is 6.33. The molecule has 3 N–H and O–H groups in total. The van der Waals surface area contributed by atoms with Crippen LogP contribution in [0.3, 0.4) is 0 Å². The molecule has 266 valence electrons. The molecule has 2 aliphatic rings. The zero-order valence-corrected chi connectivity index (χ0v) is 25.0. The Bertz CT molecular complexity index is 1040. The number of likely N-dealkylation sites (tertiary alicyclic amines) is 2. The van der Waals surface area contributed by atoms with E-state index in [1.54, 1.807) is 7.11 Å². The highest BCUT2D eigenvalue weighted by Gasteiger charge is 2.47. The predicted octanol–water partition coefficient (Wildman–Crippen LogP) is 4.10. The van der Waals surface area contributed by atoms with Crippen molar-refractivity contribution < 1.29 is 78.7 Å². The molecule has 0 amide bonds. The van der Waals surface area contributed by atoms with E-state index in [2.05, 4.69) is 39.9 Å². The lowest BCUT2D eigenvalue weighted by molar-refractivity contribution is -0.193. The molecule has 3 rings (SSSR count). The van der Waals surface area contributed by atoms with Crippen molar-refractivity contribution in [1.82, 2.24) is 14.8 Å². The number of methoxy groups -OCH3 is 2. The van der Waals surface area contributed by atoms with Gasteiger partial charge in [0.1, 0.15) is 0 Å². The molecule has 46 heavy (non-hydrogen) atoms. The minimum atomic E-state index is -5.08. The van der Waals surface area contributed by atoms with E-state index >= 15 is 0 Å². The summed E-state index contributed by atoms with van der Waals surface area (Å²) in [7, 11) is 3.63. The molecule has 2 saturated heterocycles. The summed E-state index contributed by atoms with van der Waals surface area (Å²) in [5.41, 5.74) is 2.72. The first-order valence-corrected chi connectivity index (χ1v) is 13.2. The SMILES string of the molecule is COCCN1CC(COC)C2(CCN(Cc3cccc(C)n3)CC2)C1.O=C(O)C(F)(F)F.O=C(O)C(F)(F)F.O=C(O)C(F)(F)F. The molecular formula is C26H36F9N3O8. The summed E-state index contributed by atoms with van der Waals surface area (Å²) in [5, 5.41) is 21.4. The summed E-state index contributed by atoms with van der Waals surface area (Å²) in [6.07, 6.45) is -12.7. The van der Waals surface area contributed by atoms with Gasteiger partial charge in [-0.3, -0.25) is 9.88 Å². The molecule has 20 heteroatoms. The third-order valence-corrected chi connectivity index (χ3v) is 6.77. The van der Waals surface area contributed by atoms with Gasteiger partial charge in [-0.2, -0.15) is 39.5 Å². The highest BCUT2D eigenvalue weighted by Crippen LogP contribution is 2.45. The van der Waals surface area contributed by atoms with Gasteiger partial charge in [-0.1, -0.05) is 6.07 Å². The van der Waals surface area contributed by atoms with Gasteiger partial charge < -0.3 is 29.7 Å². The predicted molar refractivity (Wildman–Crippen MR) is 141 cm³/mol. The number of piperidine rings is 1. The van der Waals surface area contributed by atoms with E-state index < -0.39 is 36.4 Å². The smallest absolute Gasteiger partial charge is 0.475 e. The second-order valence-electron chi connectivity index (χ2n) is 10.2. The number of ether oxygens (including phenoxy) is 2. The van der Waals surface area contributed by atoms with Gasteiger partial charge in [0.2, 0.25) is 0 Å². The van der Waals surface area contributed by atoms with Crippen molar-refractivity contribution in [3.8, 4) is 0 Å². The number of aliphatic carboxylic acids is 3. The second-order valence-corrected chi connectivity index (χ2v) is 10.2. The largest absolute Gasteiger partial charge is 0.490 e. The van der Waals surface area contributed by atoms with Gasteiger partial charge >= 0.3 is 36.4 Å². The van der Waals surface area contributed by atoms with Gasteiger partial charge in [-0.15, -0.1) is 0 Å². The summed E-state index contributed by atoms with van der Waals surface area (Å²) in [6.45, 7) is 10.4. The zero-order chi connectivity index (χ0) is 35.9. The minimum absolute atomic E-state index is 0.417. The molecule has 0 saturated carbocycles. The van der Waals surface area contributed by atoms with Crippen LogP contribution in [0.4, 0.5) is 39.5 Å². The lowest BCUT2D eigenvalue weighted by Crippen LogP contribution is -2.45. The molecule has 1 aromatic rings. The maximum atomic E-state index is 10.6. The molecule has 0 bridgehead atoms. The fourth-order valence-corrected chi connectivity index (χ4v) is 4.61. The van der Waals surface area contributed by atoms with Gasteiger partial charge in [0, 0.05) is 52.0 Å². The molecular weight excluding hydrogens is 653 g/mol. The molecule has 3 heterocycles. The van der Waals surface area contributed by atoms with Crippen LogP contribution in [0.25, 0.3) is 0 Å². The third kappa shape index (κ3) is 16.4. The van der Waals surface area contributed by atoms with Crippen LogP contribution in [0.5, 0.6) is 0 Å². The Hall–Kier alpha value is -3.23. The van der Waals surface area contributed by atoms with E-state index in [-0.39, 0.29) is 0 Å². The molecule has 1 spiro atoms. The fraction of sp³-hybridized carbons (Fsp3) is 0.692. The van der Waals surface area contributed by atoms with Crippen molar-refractivity contribution in [3.05, 3.63) is 29.6 Å². The molecule has 0 radical (unpaired) electrons. The monoisotopic (exact) mass is 689 g/mol. The van der Waals surface area contributed by atoms with Crippen LogP contribution < -0.4 is 0 Å². The van der Waals surface area contributed by atoms with Gasteiger partial charge in [0.15, 0.2) is 0 Å². The molecule has 11 nitrogen and oxygen atoms in total. The van der Waals surface area contributed by atoms with Crippen LogP contribution in [0.1, 0.15) is 24.2 Å². The molecule has 2 aliphatic heterocycles. The van der Waals surface area contributed by atoms with E-state index in [1.807, 2.05) is 7.11 Å². The Kier molecular flexibility index (Phi) is 17.5.